The zero-order valence-corrected chi connectivity index (χ0v) is 15.9. The number of benzene rings is 2. The van der Waals surface area contributed by atoms with Crippen LogP contribution in [0.2, 0.25) is 0 Å². The van der Waals surface area contributed by atoms with Gasteiger partial charge < -0.3 is 15.2 Å². The molecule has 2 aromatic rings. The molecule has 8 heteroatoms. The van der Waals surface area contributed by atoms with E-state index in [2.05, 4.69) is 0 Å². The smallest absolute Gasteiger partial charge is 0.416 e. The van der Waals surface area contributed by atoms with Gasteiger partial charge in [0.15, 0.2) is 0 Å². The van der Waals surface area contributed by atoms with Crippen LogP contribution in [0.1, 0.15) is 29.5 Å². The van der Waals surface area contributed by atoms with Gasteiger partial charge in [0.25, 0.3) is 0 Å². The Morgan fingerprint density at radius 3 is 2.33 bits per heavy atom. The van der Waals surface area contributed by atoms with Crippen LogP contribution in [-0.4, -0.2) is 12.6 Å². The molecular weight excluding hydrogens is 397 g/mol. The molecule has 0 radical (unpaired) electrons. The molecule has 0 aromatic heterocycles. The molecule has 0 fully saturated rings. The molecule has 1 aliphatic rings. The molecule has 0 aliphatic carbocycles. The summed E-state index contributed by atoms with van der Waals surface area (Å²) >= 11 is 0. The third-order valence-corrected chi connectivity index (χ3v) is 4.52. The van der Waals surface area contributed by atoms with Gasteiger partial charge in [-0.25, -0.2) is 4.79 Å². The maximum absolute atomic E-state index is 13.0. The lowest BCUT2D eigenvalue weighted by atomic mass is 9.81. The molecule has 3 rings (SSSR count). The number of allylic oxidation sites excluding steroid dienone is 1. The number of rotatable bonds is 4. The van der Waals surface area contributed by atoms with Crippen molar-refractivity contribution in [2.24, 2.45) is 5.73 Å². The number of halogens is 3. The van der Waals surface area contributed by atoms with Crippen molar-refractivity contribution >= 4 is 11.7 Å². The molecule has 2 N–H and O–H groups in total. The highest BCUT2D eigenvalue weighted by Gasteiger charge is 2.39. The van der Waals surface area contributed by atoms with Crippen LogP contribution in [0.25, 0.3) is 5.76 Å². The first-order valence-corrected chi connectivity index (χ1v) is 8.99. The summed E-state index contributed by atoms with van der Waals surface area (Å²) in [5.41, 5.74) is 5.80. The molecule has 154 valence electrons. The SMILES string of the molecule is CCOC(=O)C1=C(c2ccccc2)OC(N)=C(C#N)[C@@H]1c1ccc(C(F)(F)F)cc1. The maximum Gasteiger partial charge on any atom is 0.416 e. The van der Waals surface area contributed by atoms with Crippen LogP contribution in [0.5, 0.6) is 0 Å². The van der Waals surface area contributed by atoms with Gasteiger partial charge in [0, 0.05) is 5.56 Å². The second kappa shape index (κ2) is 8.33. The van der Waals surface area contributed by atoms with Crippen LogP contribution in [0.15, 0.2) is 71.6 Å². The molecule has 0 saturated carbocycles. The van der Waals surface area contributed by atoms with Gasteiger partial charge in [-0.05, 0) is 24.6 Å². The standard InChI is InChI=1S/C22H17F3N2O3/c1-2-29-21(28)18-17(13-8-10-15(11-9-13)22(23,24)25)16(12-26)20(27)30-19(18)14-6-4-3-5-7-14/h3-11,17H,2,27H2,1H3/t17-/m0/s1. The lowest BCUT2D eigenvalue weighted by Crippen LogP contribution is -2.26. The van der Waals surface area contributed by atoms with Crippen molar-refractivity contribution in [2.45, 2.75) is 19.0 Å². The highest BCUT2D eigenvalue weighted by atomic mass is 19.4. The Morgan fingerprint density at radius 2 is 1.80 bits per heavy atom. The van der Waals surface area contributed by atoms with Crippen molar-refractivity contribution < 1.29 is 27.4 Å². The Labute approximate surface area is 170 Å². The second-order valence-corrected chi connectivity index (χ2v) is 6.37. The fourth-order valence-corrected chi connectivity index (χ4v) is 3.18. The predicted octanol–water partition coefficient (Wildman–Crippen LogP) is 4.49. The maximum atomic E-state index is 13.0. The summed E-state index contributed by atoms with van der Waals surface area (Å²) in [6, 6.07) is 14.7. The zero-order chi connectivity index (χ0) is 21.9. The van der Waals surface area contributed by atoms with Crippen LogP contribution in [-0.2, 0) is 20.4 Å². The molecule has 0 saturated heterocycles. The van der Waals surface area contributed by atoms with Gasteiger partial charge >= 0.3 is 12.1 Å². The molecule has 30 heavy (non-hydrogen) atoms. The quantitative estimate of drug-likeness (QED) is 0.746. The number of nitrogens with two attached hydrogens (primary N) is 1. The van der Waals surface area contributed by atoms with Gasteiger partial charge in [-0.15, -0.1) is 0 Å². The van der Waals surface area contributed by atoms with Crippen LogP contribution in [0.3, 0.4) is 0 Å². The van der Waals surface area contributed by atoms with E-state index in [1.807, 2.05) is 6.07 Å². The molecule has 0 bridgehead atoms. The van der Waals surface area contributed by atoms with Crippen molar-refractivity contribution in [3.8, 4) is 6.07 Å². The van der Waals surface area contributed by atoms with E-state index in [9.17, 15) is 23.2 Å². The Bertz CT molecular complexity index is 1050. The van der Waals surface area contributed by atoms with Crippen molar-refractivity contribution in [1.29, 1.82) is 5.26 Å². The first-order chi connectivity index (χ1) is 14.3. The van der Waals surface area contributed by atoms with Gasteiger partial charge in [-0.3, -0.25) is 0 Å². The molecule has 1 atom stereocenters. The Morgan fingerprint density at radius 1 is 1.17 bits per heavy atom. The highest BCUT2D eigenvalue weighted by Crippen LogP contribution is 2.43. The molecule has 0 amide bonds. The van der Waals surface area contributed by atoms with Crippen LogP contribution in [0.4, 0.5) is 13.2 Å². The average Bonchev–Trinajstić information content (AvgIpc) is 2.73. The normalized spacial score (nSPS) is 16.7. The summed E-state index contributed by atoms with van der Waals surface area (Å²) in [4.78, 5) is 12.8. The molecule has 2 aromatic carbocycles. The number of hydrogen-bond donors (Lipinski definition) is 1. The largest absolute Gasteiger partial charge is 0.463 e. The van der Waals surface area contributed by atoms with Gasteiger partial charge in [0.1, 0.15) is 17.4 Å². The summed E-state index contributed by atoms with van der Waals surface area (Å²) in [7, 11) is 0. The van der Waals surface area contributed by atoms with Gasteiger partial charge in [-0.2, -0.15) is 18.4 Å². The van der Waals surface area contributed by atoms with Gasteiger partial charge in [-0.1, -0.05) is 42.5 Å². The fraction of sp³-hybridized carbons (Fsp3) is 0.182. The van der Waals surface area contributed by atoms with E-state index in [-0.39, 0.29) is 35.0 Å². The predicted molar refractivity (Wildman–Crippen MR) is 102 cm³/mol. The molecule has 5 nitrogen and oxygen atoms in total. The van der Waals surface area contributed by atoms with Crippen molar-refractivity contribution in [3.63, 3.8) is 0 Å². The zero-order valence-electron chi connectivity index (χ0n) is 15.9. The number of alkyl halides is 3. The van der Waals surface area contributed by atoms with E-state index in [0.717, 1.165) is 12.1 Å². The van der Waals surface area contributed by atoms with Crippen LogP contribution in [0, 0.1) is 11.3 Å². The fourth-order valence-electron chi connectivity index (χ4n) is 3.18. The number of carbonyl (C=O) groups excluding carboxylic acids is 1. The van der Waals surface area contributed by atoms with E-state index in [1.54, 1.807) is 37.3 Å². The molecule has 1 heterocycles. The van der Waals surface area contributed by atoms with Gasteiger partial charge in [0.2, 0.25) is 5.88 Å². The summed E-state index contributed by atoms with van der Waals surface area (Å²) in [5, 5.41) is 9.64. The van der Waals surface area contributed by atoms with Crippen LogP contribution >= 0.6 is 0 Å². The number of hydrogen-bond acceptors (Lipinski definition) is 5. The molecule has 0 unspecified atom stereocenters. The number of nitriles is 1. The Kier molecular flexibility index (Phi) is 5.83. The van der Waals surface area contributed by atoms with E-state index in [4.69, 9.17) is 15.2 Å². The molecular formula is C22H17F3N2O3. The lowest BCUT2D eigenvalue weighted by molar-refractivity contribution is -0.139. The number of carbonyl (C=O) groups is 1. The van der Waals surface area contributed by atoms with E-state index in [1.165, 1.54) is 12.1 Å². The van der Waals surface area contributed by atoms with Crippen LogP contribution < -0.4 is 5.73 Å². The third kappa shape index (κ3) is 4.01. The average molecular weight is 414 g/mol. The topological polar surface area (TPSA) is 85.3 Å². The van der Waals surface area contributed by atoms with Gasteiger partial charge in [0.05, 0.1) is 23.7 Å². The minimum absolute atomic E-state index is 0.00596. The lowest BCUT2D eigenvalue weighted by Gasteiger charge is -2.28. The first-order valence-electron chi connectivity index (χ1n) is 8.99. The third-order valence-electron chi connectivity index (χ3n) is 4.52. The number of ether oxygens (including phenoxy) is 2. The minimum atomic E-state index is -4.52. The number of esters is 1. The summed E-state index contributed by atoms with van der Waals surface area (Å²) < 4.78 is 49.7. The first kappa shape index (κ1) is 21.0. The summed E-state index contributed by atoms with van der Waals surface area (Å²) in [6.45, 7) is 1.68. The van der Waals surface area contributed by atoms with Crippen molar-refractivity contribution in [2.75, 3.05) is 6.61 Å². The van der Waals surface area contributed by atoms with E-state index < -0.39 is 23.6 Å². The molecule has 1 aliphatic heterocycles. The second-order valence-electron chi connectivity index (χ2n) is 6.37. The van der Waals surface area contributed by atoms with Crippen molar-refractivity contribution in [1.82, 2.24) is 0 Å². The number of nitrogens with zero attached hydrogens (tertiary/aromatic N) is 1. The monoisotopic (exact) mass is 414 g/mol. The minimum Gasteiger partial charge on any atom is -0.463 e. The highest BCUT2D eigenvalue weighted by molar-refractivity contribution is 5.99. The summed E-state index contributed by atoms with van der Waals surface area (Å²) in [6.07, 6.45) is -4.52. The van der Waals surface area contributed by atoms with E-state index >= 15 is 0 Å². The van der Waals surface area contributed by atoms with Crippen molar-refractivity contribution in [3.05, 3.63) is 88.3 Å². The van der Waals surface area contributed by atoms with E-state index in [0.29, 0.717) is 5.56 Å². The Hall–Kier alpha value is -3.73. The molecule has 0 spiro atoms. The summed E-state index contributed by atoms with van der Waals surface area (Å²) in [5.74, 6) is -1.92. The Balaban J connectivity index is 2.23.